The standard InChI is InChI=1S/C15H14N2.C9H10N.Na/c1-12-10-17(11-13-5-3-2-4-6-13)15-7-8-16-9-14(12)15;1-2-4-9-7-10-6-5-8(9)3-1;/h2-10H,11H2,1H3;1-4H,5-7H2;/q;-1;+1. The number of fused-ring (bicyclic) bond motifs is 2. The zero-order valence-electron chi connectivity index (χ0n) is 16.7. The monoisotopic (exact) mass is 377 g/mol. The molecule has 1 aliphatic heterocycles. The first-order chi connectivity index (χ1) is 13.3. The van der Waals surface area contributed by atoms with E-state index in [0.717, 1.165) is 26.1 Å². The fourth-order valence-corrected chi connectivity index (χ4v) is 3.58. The SMILES string of the molecule is Cc1cn(Cc2ccccc2)c2ccncc12.[Na+].c1ccc2c(c1)CC[N-]C2. The Balaban J connectivity index is 0.000000175. The Morgan fingerprint density at radius 2 is 1.71 bits per heavy atom. The van der Waals surface area contributed by atoms with Crippen LogP contribution in [0.3, 0.4) is 0 Å². The molecule has 0 fully saturated rings. The van der Waals surface area contributed by atoms with E-state index in [9.17, 15) is 0 Å². The summed E-state index contributed by atoms with van der Waals surface area (Å²) in [6.07, 6.45) is 7.12. The molecule has 0 saturated heterocycles. The van der Waals surface area contributed by atoms with Crippen LogP contribution < -0.4 is 29.6 Å². The molecule has 0 atom stereocenters. The van der Waals surface area contributed by atoms with Crippen LogP contribution in [0.2, 0.25) is 0 Å². The first kappa shape index (κ1) is 20.8. The second-order valence-corrected chi connectivity index (χ2v) is 6.94. The second-order valence-electron chi connectivity index (χ2n) is 6.94. The van der Waals surface area contributed by atoms with Crippen LogP contribution >= 0.6 is 0 Å². The molecule has 0 bridgehead atoms. The largest absolute Gasteiger partial charge is 1.00 e. The van der Waals surface area contributed by atoms with Crippen molar-refractivity contribution in [3.8, 4) is 0 Å². The second kappa shape index (κ2) is 10.0. The van der Waals surface area contributed by atoms with Gasteiger partial charge in [0.1, 0.15) is 0 Å². The molecule has 0 spiro atoms. The smallest absolute Gasteiger partial charge is 0.658 e. The third-order valence-electron chi connectivity index (χ3n) is 5.02. The number of rotatable bonds is 2. The molecule has 2 aromatic carbocycles. The molecule has 0 aliphatic carbocycles. The van der Waals surface area contributed by atoms with E-state index in [4.69, 9.17) is 0 Å². The Hall–Kier alpha value is -1.91. The summed E-state index contributed by atoms with van der Waals surface area (Å²) in [6, 6.07) is 21.1. The van der Waals surface area contributed by atoms with Crippen molar-refractivity contribution in [2.75, 3.05) is 6.54 Å². The van der Waals surface area contributed by atoms with Gasteiger partial charge in [-0.2, -0.15) is 0 Å². The number of nitrogens with zero attached hydrogens (tertiary/aromatic N) is 3. The van der Waals surface area contributed by atoms with E-state index >= 15 is 0 Å². The minimum absolute atomic E-state index is 0. The van der Waals surface area contributed by atoms with Gasteiger partial charge < -0.3 is 9.88 Å². The summed E-state index contributed by atoms with van der Waals surface area (Å²) in [4.78, 5) is 4.18. The minimum Gasteiger partial charge on any atom is -0.658 e. The molecule has 0 unspecified atom stereocenters. The minimum atomic E-state index is 0. The molecule has 5 rings (SSSR count). The molecule has 0 radical (unpaired) electrons. The van der Waals surface area contributed by atoms with Gasteiger partial charge in [0.25, 0.3) is 0 Å². The van der Waals surface area contributed by atoms with Gasteiger partial charge >= 0.3 is 29.6 Å². The number of aromatic nitrogens is 2. The average molecular weight is 377 g/mol. The van der Waals surface area contributed by atoms with Gasteiger partial charge in [0.2, 0.25) is 0 Å². The van der Waals surface area contributed by atoms with Gasteiger partial charge in [-0.05, 0) is 36.1 Å². The molecule has 4 heteroatoms. The predicted octanol–water partition coefficient (Wildman–Crippen LogP) is 2.51. The van der Waals surface area contributed by atoms with Crippen molar-refractivity contribution in [2.24, 2.45) is 0 Å². The topological polar surface area (TPSA) is 31.9 Å². The number of hydrogen-bond acceptors (Lipinski definition) is 1. The first-order valence-corrected chi connectivity index (χ1v) is 9.44. The van der Waals surface area contributed by atoms with Crippen molar-refractivity contribution >= 4 is 10.9 Å². The van der Waals surface area contributed by atoms with Gasteiger partial charge in [0, 0.05) is 30.5 Å². The van der Waals surface area contributed by atoms with E-state index in [1.807, 2.05) is 18.5 Å². The molecule has 0 saturated carbocycles. The van der Waals surface area contributed by atoms with Crippen LogP contribution in [0.4, 0.5) is 0 Å². The normalized spacial score (nSPS) is 12.5. The van der Waals surface area contributed by atoms with Crippen LogP contribution in [-0.2, 0) is 19.5 Å². The first-order valence-electron chi connectivity index (χ1n) is 9.44. The molecular formula is C24H24N3Na. The number of benzene rings is 2. The maximum atomic E-state index is 4.32. The third-order valence-corrected chi connectivity index (χ3v) is 5.02. The molecule has 0 amide bonds. The molecule has 2 aromatic heterocycles. The fraction of sp³-hybridized carbons (Fsp3) is 0.208. The van der Waals surface area contributed by atoms with Gasteiger partial charge in [0.15, 0.2) is 0 Å². The molecule has 28 heavy (non-hydrogen) atoms. The summed E-state index contributed by atoms with van der Waals surface area (Å²) in [7, 11) is 0. The quantitative estimate of drug-likeness (QED) is 0.494. The Morgan fingerprint density at radius 1 is 0.964 bits per heavy atom. The van der Waals surface area contributed by atoms with Gasteiger partial charge in [-0.3, -0.25) is 4.98 Å². The van der Waals surface area contributed by atoms with E-state index in [0.29, 0.717) is 0 Å². The van der Waals surface area contributed by atoms with Gasteiger partial charge in [-0.25, -0.2) is 0 Å². The summed E-state index contributed by atoms with van der Waals surface area (Å²) in [6.45, 7) is 4.98. The van der Waals surface area contributed by atoms with E-state index < -0.39 is 0 Å². The van der Waals surface area contributed by atoms with E-state index in [-0.39, 0.29) is 29.6 Å². The summed E-state index contributed by atoms with van der Waals surface area (Å²) in [5.41, 5.74) is 6.75. The van der Waals surface area contributed by atoms with Crippen LogP contribution in [-0.4, -0.2) is 16.1 Å². The van der Waals surface area contributed by atoms with Crippen molar-refractivity contribution in [3.63, 3.8) is 0 Å². The fourth-order valence-electron chi connectivity index (χ4n) is 3.58. The maximum absolute atomic E-state index is 4.32. The summed E-state index contributed by atoms with van der Waals surface area (Å²) in [5.74, 6) is 0. The van der Waals surface area contributed by atoms with Crippen LogP contribution in [0, 0.1) is 6.92 Å². The Morgan fingerprint density at radius 3 is 2.50 bits per heavy atom. The van der Waals surface area contributed by atoms with Crippen LogP contribution in [0.15, 0.2) is 79.3 Å². The van der Waals surface area contributed by atoms with Crippen molar-refractivity contribution in [2.45, 2.75) is 26.4 Å². The van der Waals surface area contributed by atoms with Crippen LogP contribution in [0.25, 0.3) is 16.2 Å². The van der Waals surface area contributed by atoms with Crippen LogP contribution in [0.5, 0.6) is 0 Å². The van der Waals surface area contributed by atoms with E-state index in [1.165, 1.54) is 33.2 Å². The van der Waals surface area contributed by atoms with E-state index in [1.54, 1.807) is 0 Å². The number of hydrogen-bond donors (Lipinski definition) is 0. The molecule has 3 heterocycles. The maximum Gasteiger partial charge on any atom is 1.00 e. The van der Waals surface area contributed by atoms with Crippen LogP contribution in [0.1, 0.15) is 22.3 Å². The molecule has 136 valence electrons. The van der Waals surface area contributed by atoms with Crippen molar-refractivity contribution < 1.29 is 29.6 Å². The Labute approximate surface area is 189 Å². The molecule has 3 nitrogen and oxygen atoms in total. The predicted molar refractivity (Wildman–Crippen MR) is 112 cm³/mol. The molecular weight excluding hydrogens is 353 g/mol. The zero-order valence-corrected chi connectivity index (χ0v) is 18.7. The molecule has 0 N–H and O–H groups in total. The summed E-state index contributed by atoms with van der Waals surface area (Å²) >= 11 is 0. The van der Waals surface area contributed by atoms with Gasteiger partial charge in [0.05, 0.1) is 5.52 Å². The third kappa shape index (κ3) is 4.92. The van der Waals surface area contributed by atoms with E-state index in [2.05, 4.69) is 82.6 Å². The number of pyridine rings is 1. The Kier molecular flexibility index (Phi) is 7.46. The van der Waals surface area contributed by atoms with Gasteiger partial charge in [-0.15, -0.1) is 13.1 Å². The summed E-state index contributed by atoms with van der Waals surface area (Å²) in [5, 5.41) is 5.56. The van der Waals surface area contributed by atoms with Gasteiger partial charge in [-0.1, -0.05) is 60.2 Å². The molecule has 1 aliphatic rings. The van der Waals surface area contributed by atoms with Crippen molar-refractivity contribution in [3.05, 3.63) is 107 Å². The average Bonchev–Trinajstić information content (AvgIpc) is 3.05. The van der Waals surface area contributed by atoms with Crippen molar-refractivity contribution in [1.29, 1.82) is 0 Å². The number of aryl methyl sites for hydroxylation is 1. The summed E-state index contributed by atoms with van der Waals surface area (Å²) < 4.78 is 2.28. The molecule has 4 aromatic rings. The Bertz CT molecular complexity index is 999. The zero-order chi connectivity index (χ0) is 18.5. The van der Waals surface area contributed by atoms with Crippen molar-refractivity contribution in [1.82, 2.24) is 9.55 Å².